The van der Waals surface area contributed by atoms with E-state index in [1.807, 2.05) is 18.2 Å². The number of nitrogens with one attached hydrogen (secondary N) is 2. The molecule has 0 saturated carbocycles. The van der Waals surface area contributed by atoms with Gasteiger partial charge in [0.15, 0.2) is 0 Å². The van der Waals surface area contributed by atoms with Gasteiger partial charge in [0, 0.05) is 19.1 Å². The number of aromatic amines is 1. The van der Waals surface area contributed by atoms with E-state index in [4.69, 9.17) is 0 Å². The summed E-state index contributed by atoms with van der Waals surface area (Å²) in [6.45, 7) is 4.42. The molecule has 0 spiro atoms. The molecule has 114 valence electrons. The van der Waals surface area contributed by atoms with E-state index in [9.17, 15) is 0 Å². The monoisotopic (exact) mass is 287 g/mol. The Bertz CT molecular complexity index is 536. The first-order valence-corrected chi connectivity index (χ1v) is 7.80. The van der Waals surface area contributed by atoms with Crippen LogP contribution >= 0.6 is 0 Å². The van der Waals surface area contributed by atoms with Gasteiger partial charge in [-0.2, -0.15) is 0 Å². The summed E-state index contributed by atoms with van der Waals surface area (Å²) in [4.78, 5) is 12.7. The number of likely N-dealkylation sites (tertiary alicyclic amines) is 1. The van der Waals surface area contributed by atoms with Gasteiger partial charge in [-0.25, -0.2) is 4.98 Å². The summed E-state index contributed by atoms with van der Waals surface area (Å²) in [6.07, 6.45) is 2.55. The largest absolute Gasteiger partial charge is 0.355 e. The number of hydrogen-bond donors (Lipinski definition) is 2. The lowest BCUT2D eigenvalue weighted by Crippen LogP contribution is -2.43. The molecule has 0 radical (unpaired) electrons. The molecule has 0 unspecified atom stereocenters. The number of rotatable bonds is 5. The molecule has 1 aliphatic rings. The van der Waals surface area contributed by atoms with Gasteiger partial charge in [0.25, 0.3) is 0 Å². The van der Waals surface area contributed by atoms with Crippen molar-refractivity contribution in [1.29, 1.82) is 0 Å². The van der Waals surface area contributed by atoms with Crippen molar-refractivity contribution < 1.29 is 0 Å². The Hall–Kier alpha value is -1.59. The van der Waals surface area contributed by atoms with E-state index in [-0.39, 0.29) is 0 Å². The van der Waals surface area contributed by atoms with Gasteiger partial charge in [-0.05, 0) is 52.2 Å². The van der Waals surface area contributed by atoms with Crippen LogP contribution in [0.15, 0.2) is 24.3 Å². The van der Waals surface area contributed by atoms with Crippen molar-refractivity contribution >= 4 is 17.0 Å². The number of para-hydroxylation sites is 2. The SMILES string of the molecule is CN(C)C1CCN(CCNc2nc3ccccc3[nH]2)CC1. The fraction of sp³-hybridized carbons (Fsp3) is 0.562. The zero-order valence-electron chi connectivity index (χ0n) is 13.0. The molecule has 1 aliphatic heterocycles. The average Bonchev–Trinajstić information content (AvgIpc) is 2.90. The fourth-order valence-electron chi connectivity index (χ4n) is 3.03. The van der Waals surface area contributed by atoms with Gasteiger partial charge in [0.05, 0.1) is 11.0 Å². The summed E-state index contributed by atoms with van der Waals surface area (Å²) in [5, 5.41) is 3.40. The molecule has 1 fully saturated rings. The first-order valence-electron chi connectivity index (χ1n) is 7.80. The second kappa shape index (κ2) is 6.45. The predicted molar refractivity (Wildman–Crippen MR) is 87.7 cm³/mol. The maximum Gasteiger partial charge on any atom is 0.201 e. The van der Waals surface area contributed by atoms with Crippen LogP contribution in [0.2, 0.25) is 0 Å². The van der Waals surface area contributed by atoms with E-state index in [1.165, 1.54) is 25.9 Å². The number of aromatic nitrogens is 2. The van der Waals surface area contributed by atoms with Crippen LogP contribution in [-0.2, 0) is 0 Å². The molecule has 0 bridgehead atoms. The van der Waals surface area contributed by atoms with Gasteiger partial charge in [0.1, 0.15) is 0 Å². The normalized spacial score (nSPS) is 17.7. The Morgan fingerprint density at radius 2 is 2.05 bits per heavy atom. The number of hydrogen-bond acceptors (Lipinski definition) is 4. The van der Waals surface area contributed by atoms with E-state index in [1.54, 1.807) is 0 Å². The topological polar surface area (TPSA) is 47.2 Å². The maximum atomic E-state index is 4.54. The first kappa shape index (κ1) is 14.4. The minimum Gasteiger partial charge on any atom is -0.355 e. The highest BCUT2D eigenvalue weighted by molar-refractivity contribution is 5.77. The van der Waals surface area contributed by atoms with E-state index in [0.29, 0.717) is 0 Å². The van der Waals surface area contributed by atoms with Gasteiger partial charge >= 0.3 is 0 Å². The van der Waals surface area contributed by atoms with Crippen molar-refractivity contribution in [2.45, 2.75) is 18.9 Å². The van der Waals surface area contributed by atoms with Crippen LogP contribution in [0.25, 0.3) is 11.0 Å². The molecule has 0 atom stereocenters. The van der Waals surface area contributed by atoms with Crippen molar-refractivity contribution in [3.8, 4) is 0 Å². The Balaban J connectivity index is 1.44. The molecule has 2 aromatic rings. The lowest BCUT2D eigenvalue weighted by molar-refractivity contribution is 0.148. The first-order chi connectivity index (χ1) is 10.2. The van der Waals surface area contributed by atoms with Gasteiger partial charge in [-0.1, -0.05) is 12.1 Å². The molecule has 2 heterocycles. The number of nitrogens with zero attached hydrogens (tertiary/aromatic N) is 3. The van der Waals surface area contributed by atoms with Crippen molar-refractivity contribution in [1.82, 2.24) is 19.8 Å². The number of benzene rings is 1. The summed E-state index contributed by atoms with van der Waals surface area (Å²) in [6, 6.07) is 8.88. The molecule has 0 amide bonds. The summed E-state index contributed by atoms with van der Waals surface area (Å²) in [5.41, 5.74) is 2.11. The lowest BCUT2D eigenvalue weighted by atomic mass is 10.0. The molecule has 1 aromatic heterocycles. The molecule has 1 saturated heterocycles. The summed E-state index contributed by atoms with van der Waals surface area (Å²) >= 11 is 0. The summed E-state index contributed by atoms with van der Waals surface area (Å²) in [5.74, 6) is 0.874. The molecule has 5 heteroatoms. The van der Waals surface area contributed by atoms with Gasteiger partial charge < -0.3 is 20.1 Å². The fourth-order valence-corrected chi connectivity index (χ4v) is 3.03. The number of piperidine rings is 1. The summed E-state index contributed by atoms with van der Waals surface area (Å²) in [7, 11) is 4.37. The number of fused-ring (bicyclic) bond motifs is 1. The van der Waals surface area contributed by atoms with E-state index in [2.05, 4.69) is 45.2 Å². The van der Waals surface area contributed by atoms with Crippen LogP contribution in [0, 0.1) is 0 Å². The Morgan fingerprint density at radius 3 is 2.76 bits per heavy atom. The van der Waals surface area contributed by atoms with Crippen molar-refractivity contribution in [2.75, 3.05) is 45.6 Å². The summed E-state index contributed by atoms with van der Waals surface area (Å²) < 4.78 is 0. The van der Waals surface area contributed by atoms with Crippen LogP contribution in [0.4, 0.5) is 5.95 Å². The number of imidazole rings is 1. The van der Waals surface area contributed by atoms with Crippen LogP contribution < -0.4 is 5.32 Å². The molecule has 21 heavy (non-hydrogen) atoms. The minimum atomic E-state index is 0.754. The highest BCUT2D eigenvalue weighted by atomic mass is 15.2. The highest BCUT2D eigenvalue weighted by Gasteiger charge is 2.19. The van der Waals surface area contributed by atoms with Crippen LogP contribution in [0.1, 0.15) is 12.8 Å². The van der Waals surface area contributed by atoms with E-state index < -0.39 is 0 Å². The Kier molecular flexibility index (Phi) is 4.41. The molecular formula is C16H25N5. The minimum absolute atomic E-state index is 0.754. The maximum absolute atomic E-state index is 4.54. The zero-order valence-corrected chi connectivity index (χ0v) is 13.0. The second-order valence-electron chi connectivity index (χ2n) is 6.07. The highest BCUT2D eigenvalue weighted by Crippen LogP contribution is 2.15. The quantitative estimate of drug-likeness (QED) is 0.883. The van der Waals surface area contributed by atoms with E-state index >= 15 is 0 Å². The third kappa shape index (κ3) is 3.54. The van der Waals surface area contributed by atoms with Crippen LogP contribution in [0.3, 0.4) is 0 Å². The molecular weight excluding hydrogens is 262 g/mol. The number of anilines is 1. The predicted octanol–water partition coefficient (Wildman–Crippen LogP) is 2.00. The molecule has 2 N–H and O–H groups in total. The smallest absolute Gasteiger partial charge is 0.201 e. The Labute approximate surface area is 126 Å². The van der Waals surface area contributed by atoms with Crippen molar-refractivity contribution in [3.05, 3.63) is 24.3 Å². The number of H-pyrrole nitrogens is 1. The molecule has 5 nitrogen and oxygen atoms in total. The Morgan fingerprint density at radius 1 is 1.29 bits per heavy atom. The van der Waals surface area contributed by atoms with Crippen LogP contribution in [0.5, 0.6) is 0 Å². The van der Waals surface area contributed by atoms with E-state index in [0.717, 1.165) is 36.1 Å². The average molecular weight is 287 g/mol. The second-order valence-corrected chi connectivity index (χ2v) is 6.07. The van der Waals surface area contributed by atoms with Crippen molar-refractivity contribution in [2.24, 2.45) is 0 Å². The third-order valence-electron chi connectivity index (χ3n) is 4.40. The van der Waals surface area contributed by atoms with Gasteiger partial charge in [0.2, 0.25) is 5.95 Å². The lowest BCUT2D eigenvalue weighted by Gasteiger charge is -2.35. The molecule has 1 aromatic carbocycles. The standard InChI is InChI=1S/C16H25N5/c1-20(2)13-7-10-21(11-8-13)12-9-17-16-18-14-5-3-4-6-15(14)19-16/h3-6,13H,7-12H2,1-2H3,(H2,17,18,19). The van der Waals surface area contributed by atoms with Gasteiger partial charge in [-0.15, -0.1) is 0 Å². The molecule has 0 aliphatic carbocycles. The third-order valence-corrected chi connectivity index (χ3v) is 4.40. The zero-order chi connectivity index (χ0) is 14.7. The van der Waals surface area contributed by atoms with Crippen LogP contribution in [-0.4, -0.2) is 66.1 Å². The van der Waals surface area contributed by atoms with Gasteiger partial charge in [-0.3, -0.25) is 0 Å². The van der Waals surface area contributed by atoms with Crippen molar-refractivity contribution in [3.63, 3.8) is 0 Å². The molecule has 3 rings (SSSR count).